The Balaban J connectivity index is 1.22. The van der Waals surface area contributed by atoms with Gasteiger partial charge in [0.25, 0.3) is 0 Å². The van der Waals surface area contributed by atoms with Gasteiger partial charge in [0.05, 0.1) is 11.5 Å². The summed E-state index contributed by atoms with van der Waals surface area (Å²) < 4.78 is 5.95. The third-order valence-electron chi connectivity index (χ3n) is 8.80. The van der Waals surface area contributed by atoms with E-state index in [2.05, 4.69) is 30.9 Å². The number of carbonyl (C=O) groups excluding carboxylic acids is 1. The zero-order valence-electron chi connectivity index (χ0n) is 19.1. The summed E-state index contributed by atoms with van der Waals surface area (Å²) in [5.41, 5.74) is 3.99. The van der Waals surface area contributed by atoms with E-state index in [1.54, 1.807) is 11.1 Å². The largest absolute Gasteiger partial charge is 0.462 e. The Kier molecular flexibility index (Phi) is 5.50. The van der Waals surface area contributed by atoms with Gasteiger partial charge < -0.3 is 14.7 Å². The molecule has 1 saturated carbocycles. The van der Waals surface area contributed by atoms with Crippen LogP contribution < -0.4 is 0 Å². The monoisotopic (exact) mass is 423 g/mol. The van der Waals surface area contributed by atoms with Crippen LogP contribution in [0.3, 0.4) is 0 Å². The van der Waals surface area contributed by atoms with Crippen molar-refractivity contribution in [3.8, 4) is 0 Å². The highest BCUT2D eigenvalue weighted by molar-refractivity contribution is 5.76. The molecule has 4 aliphatic rings. The van der Waals surface area contributed by atoms with Crippen molar-refractivity contribution < 1.29 is 14.6 Å². The number of benzene rings is 1. The predicted molar refractivity (Wildman–Crippen MR) is 122 cm³/mol. The van der Waals surface area contributed by atoms with Crippen LogP contribution in [-0.4, -0.2) is 47.3 Å². The predicted octanol–water partition coefficient (Wildman–Crippen LogP) is 4.51. The minimum absolute atomic E-state index is 0.0145. The number of likely N-dealkylation sites (tertiary alicyclic amines) is 1. The molecule has 0 aromatic heterocycles. The maximum absolute atomic E-state index is 12.9. The summed E-state index contributed by atoms with van der Waals surface area (Å²) in [5, 5.41) is 11.1. The molecule has 2 saturated heterocycles. The quantitative estimate of drug-likeness (QED) is 0.572. The summed E-state index contributed by atoms with van der Waals surface area (Å²) >= 11 is 0. The standard InChI is InChI=1S/C27H37NO3/c1-19-7-6-10-26(2)17-24-21(15-23(19)26)22(25(29)31-24)18-28-13-11-27(30,12-14-28)16-20-8-4-3-5-9-20/h3-5,8-9,21-22,24,30H,6-7,10-18H2,1-2H3. The normalized spacial score (nSPS) is 35.5. The molecule has 0 bridgehead atoms. The zero-order valence-corrected chi connectivity index (χ0v) is 19.1. The van der Waals surface area contributed by atoms with E-state index in [1.807, 2.05) is 18.2 Å². The molecule has 4 heteroatoms. The lowest BCUT2D eigenvalue weighted by Crippen LogP contribution is -2.48. The van der Waals surface area contributed by atoms with Crippen LogP contribution in [0.2, 0.25) is 0 Å². The van der Waals surface area contributed by atoms with Crippen molar-refractivity contribution in [2.24, 2.45) is 17.3 Å². The van der Waals surface area contributed by atoms with Crippen LogP contribution in [0.1, 0.15) is 64.4 Å². The molecule has 31 heavy (non-hydrogen) atoms. The molecule has 4 unspecified atom stereocenters. The number of hydrogen-bond acceptors (Lipinski definition) is 4. The second-order valence-corrected chi connectivity index (χ2v) is 11.0. The Labute approximate surface area is 186 Å². The van der Waals surface area contributed by atoms with Crippen molar-refractivity contribution in [1.82, 2.24) is 4.90 Å². The van der Waals surface area contributed by atoms with Gasteiger partial charge in [-0.15, -0.1) is 0 Å². The second-order valence-electron chi connectivity index (χ2n) is 11.0. The van der Waals surface area contributed by atoms with Crippen molar-refractivity contribution in [3.63, 3.8) is 0 Å². The zero-order chi connectivity index (χ0) is 21.6. The Hall–Kier alpha value is -1.65. The van der Waals surface area contributed by atoms with Gasteiger partial charge in [-0.25, -0.2) is 0 Å². The van der Waals surface area contributed by atoms with Gasteiger partial charge in [0.15, 0.2) is 0 Å². The van der Waals surface area contributed by atoms with E-state index in [0.717, 1.165) is 45.3 Å². The number of rotatable bonds is 4. The highest BCUT2D eigenvalue weighted by Gasteiger charge is 2.53. The fraction of sp³-hybridized carbons (Fsp3) is 0.667. The number of nitrogens with zero attached hydrogens (tertiary/aromatic N) is 1. The highest BCUT2D eigenvalue weighted by atomic mass is 16.6. The lowest BCUT2D eigenvalue weighted by atomic mass is 9.59. The average molecular weight is 424 g/mol. The number of piperidine rings is 1. The topological polar surface area (TPSA) is 49.8 Å². The molecule has 1 aromatic carbocycles. The fourth-order valence-electron chi connectivity index (χ4n) is 6.90. The van der Waals surface area contributed by atoms with Crippen molar-refractivity contribution in [3.05, 3.63) is 47.0 Å². The minimum atomic E-state index is -0.632. The molecular weight excluding hydrogens is 386 g/mol. The summed E-state index contributed by atoms with van der Waals surface area (Å²) in [5.74, 6) is 0.325. The highest BCUT2D eigenvalue weighted by Crippen LogP contribution is 2.55. The van der Waals surface area contributed by atoms with E-state index in [1.165, 1.54) is 24.8 Å². The molecule has 2 aliphatic carbocycles. The van der Waals surface area contributed by atoms with E-state index in [9.17, 15) is 9.90 Å². The molecule has 0 spiro atoms. The molecule has 4 nitrogen and oxygen atoms in total. The van der Waals surface area contributed by atoms with Crippen LogP contribution in [0.5, 0.6) is 0 Å². The Morgan fingerprint density at radius 2 is 1.90 bits per heavy atom. The van der Waals surface area contributed by atoms with Crippen LogP contribution in [-0.2, 0) is 16.0 Å². The third-order valence-corrected chi connectivity index (χ3v) is 8.80. The maximum Gasteiger partial charge on any atom is 0.310 e. The van der Waals surface area contributed by atoms with Gasteiger partial charge in [0, 0.05) is 32.0 Å². The SMILES string of the molecule is CC1=C2CC3C(CC2(C)CCC1)OC(=O)C3CN1CCC(O)(Cc2ccccc2)CC1. The lowest BCUT2D eigenvalue weighted by Gasteiger charge is -2.46. The maximum atomic E-state index is 12.9. The van der Waals surface area contributed by atoms with E-state index < -0.39 is 5.60 Å². The van der Waals surface area contributed by atoms with Crippen LogP contribution >= 0.6 is 0 Å². The van der Waals surface area contributed by atoms with Crippen LogP contribution in [0.25, 0.3) is 0 Å². The Bertz CT molecular complexity index is 854. The molecular formula is C27H37NO3. The third kappa shape index (κ3) is 4.09. The number of ether oxygens (including phenoxy) is 1. The van der Waals surface area contributed by atoms with Gasteiger partial charge in [-0.1, -0.05) is 48.4 Å². The van der Waals surface area contributed by atoms with Gasteiger partial charge in [0.2, 0.25) is 0 Å². The Morgan fingerprint density at radius 1 is 1.16 bits per heavy atom. The Morgan fingerprint density at radius 3 is 2.65 bits per heavy atom. The molecule has 0 amide bonds. The summed E-state index contributed by atoms with van der Waals surface area (Å²) in [7, 11) is 0. The lowest BCUT2D eigenvalue weighted by molar-refractivity contribution is -0.145. The molecule has 168 valence electrons. The van der Waals surface area contributed by atoms with E-state index >= 15 is 0 Å². The van der Waals surface area contributed by atoms with Gasteiger partial charge in [-0.05, 0) is 62.8 Å². The van der Waals surface area contributed by atoms with Gasteiger partial charge in [-0.2, -0.15) is 0 Å². The minimum Gasteiger partial charge on any atom is -0.462 e. The van der Waals surface area contributed by atoms with E-state index in [0.29, 0.717) is 12.3 Å². The first-order valence-electron chi connectivity index (χ1n) is 12.2. The number of hydrogen-bond donors (Lipinski definition) is 1. The first-order valence-corrected chi connectivity index (χ1v) is 12.2. The van der Waals surface area contributed by atoms with Gasteiger partial charge in [-0.3, -0.25) is 4.79 Å². The molecule has 5 rings (SSSR count). The summed E-state index contributed by atoms with van der Waals surface area (Å²) in [6.07, 6.45) is 8.09. The number of carbonyl (C=O) groups is 1. The molecule has 3 fully saturated rings. The van der Waals surface area contributed by atoms with E-state index in [-0.39, 0.29) is 23.4 Å². The van der Waals surface area contributed by atoms with Crippen molar-refractivity contribution >= 4 is 5.97 Å². The fourth-order valence-corrected chi connectivity index (χ4v) is 6.90. The average Bonchev–Trinajstić information content (AvgIpc) is 3.02. The number of allylic oxidation sites excluding steroid dienone is 2. The summed E-state index contributed by atoms with van der Waals surface area (Å²) in [4.78, 5) is 15.3. The van der Waals surface area contributed by atoms with Crippen molar-refractivity contribution in [2.75, 3.05) is 19.6 Å². The number of esters is 1. The number of aliphatic hydroxyl groups is 1. The summed E-state index contributed by atoms with van der Waals surface area (Å²) in [6, 6.07) is 10.3. The molecule has 2 aliphatic heterocycles. The van der Waals surface area contributed by atoms with Gasteiger partial charge in [0.1, 0.15) is 6.10 Å². The van der Waals surface area contributed by atoms with Crippen LogP contribution in [0.15, 0.2) is 41.5 Å². The molecule has 4 atom stereocenters. The molecule has 0 radical (unpaired) electrons. The smallest absolute Gasteiger partial charge is 0.310 e. The molecule has 2 heterocycles. The first-order chi connectivity index (χ1) is 14.9. The summed E-state index contributed by atoms with van der Waals surface area (Å²) in [6.45, 7) is 7.18. The van der Waals surface area contributed by atoms with Crippen LogP contribution in [0.4, 0.5) is 0 Å². The van der Waals surface area contributed by atoms with Crippen molar-refractivity contribution in [2.45, 2.75) is 76.9 Å². The first kappa shape index (κ1) is 21.2. The molecule has 1 aromatic rings. The number of fused-ring (bicyclic) bond motifs is 2. The second kappa shape index (κ2) is 8.04. The molecule has 1 N–H and O–H groups in total. The van der Waals surface area contributed by atoms with Crippen molar-refractivity contribution in [1.29, 1.82) is 0 Å². The van der Waals surface area contributed by atoms with Crippen LogP contribution in [0, 0.1) is 17.3 Å². The van der Waals surface area contributed by atoms with Gasteiger partial charge >= 0.3 is 5.97 Å². The van der Waals surface area contributed by atoms with E-state index in [4.69, 9.17) is 4.74 Å².